The number of fused-ring (bicyclic) bond motifs is 1. The van der Waals surface area contributed by atoms with Crippen LogP contribution in [0, 0.1) is 11.3 Å². The van der Waals surface area contributed by atoms with Gasteiger partial charge in [-0.25, -0.2) is 0 Å². The summed E-state index contributed by atoms with van der Waals surface area (Å²) in [5, 5.41) is 0. The molecule has 1 saturated carbocycles. The quantitative estimate of drug-likeness (QED) is 0.562. The number of benzene rings is 1. The average Bonchev–Trinajstić information content (AvgIpc) is 2.89. The van der Waals surface area contributed by atoms with Gasteiger partial charge in [-0.05, 0) is 48.8 Å². The molecule has 4 atom stereocenters. The van der Waals surface area contributed by atoms with Crippen molar-refractivity contribution < 1.29 is 18.8 Å². The van der Waals surface area contributed by atoms with E-state index in [9.17, 15) is 0 Å². The molecule has 2 aliphatic rings. The van der Waals surface area contributed by atoms with Crippen LogP contribution in [-0.4, -0.2) is 32.2 Å². The Morgan fingerprint density at radius 3 is 2.57 bits per heavy atom. The van der Waals surface area contributed by atoms with Crippen LogP contribution >= 0.6 is 0 Å². The highest BCUT2D eigenvalue weighted by Crippen LogP contribution is 2.54. The van der Waals surface area contributed by atoms with Gasteiger partial charge in [-0.3, -0.25) is 0 Å². The molecule has 2 fully saturated rings. The highest BCUT2D eigenvalue weighted by atomic mass is 16.7. The standard InChI is InChI=1S/C22H34BNO4/c1-7-18(14-26-13-17-8-10-19(25-6)11-9-17)23-27-21(5)15-20(3,4)16(2)12-22(21,24)28-23/h7-11,16,18H,1,12-15,24H2,2-6H3/t16-,18-,21?,22?/m0/s1. The summed E-state index contributed by atoms with van der Waals surface area (Å²) in [5.41, 5.74) is 6.67. The van der Waals surface area contributed by atoms with Crippen LogP contribution in [0.2, 0.25) is 5.82 Å². The lowest BCUT2D eigenvalue weighted by atomic mass is 9.61. The van der Waals surface area contributed by atoms with Crippen LogP contribution in [0.25, 0.3) is 0 Å². The van der Waals surface area contributed by atoms with Crippen molar-refractivity contribution in [3.63, 3.8) is 0 Å². The first-order valence-electron chi connectivity index (χ1n) is 10.1. The molecule has 6 heteroatoms. The van der Waals surface area contributed by atoms with Crippen molar-refractivity contribution in [3.05, 3.63) is 42.5 Å². The molecular formula is C22H34BNO4. The van der Waals surface area contributed by atoms with Crippen LogP contribution in [0.15, 0.2) is 36.9 Å². The Morgan fingerprint density at radius 2 is 1.96 bits per heavy atom. The number of rotatable bonds is 7. The van der Waals surface area contributed by atoms with Crippen molar-refractivity contribution >= 4 is 7.12 Å². The minimum atomic E-state index is -0.774. The predicted octanol–water partition coefficient (Wildman–Crippen LogP) is 4.17. The van der Waals surface area contributed by atoms with E-state index in [1.807, 2.05) is 30.3 Å². The third-order valence-electron chi connectivity index (χ3n) is 6.72. The molecular weight excluding hydrogens is 353 g/mol. The summed E-state index contributed by atoms with van der Waals surface area (Å²) < 4.78 is 23.8. The number of hydrogen-bond donors (Lipinski definition) is 1. The van der Waals surface area contributed by atoms with Crippen LogP contribution in [0.1, 0.15) is 46.1 Å². The van der Waals surface area contributed by atoms with E-state index < -0.39 is 18.4 Å². The molecule has 2 unspecified atom stereocenters. The van der Waals surface area contributed by atoms with Crippen molar-refractivity contribution in [2.24, 2.45) is 17.1 Å². The Kier molecular flexibility index (Phi) is 5.97. The normalized spacial score (nSPS) is 32.6. The van der Waals surface area contributed by atoms with E-state index in [1.165, 1.54) is 0 Å². The van der Waals surface area contributed by atoms with E-state index in [2.05, 4.69) is 34.3 Å². The van der Waals surface area contributed by atoms with Crippen molar-refractivity contribution in [1.82, 2.24) is 0 Å². The van der Waals surface area contributed by atoms with Gasteiger partial charge in [0.2, 0.25) is 0 Å². The third kappa shape index (κ3) is 4.01. The van der Waals surface area contributed by atoms with E-state index >= 15 is 0 Å². The van der Waals surface area contributed by atoms with Gasteiger partial charge in [-0.15, -0.1) is 6.58 Å². The zero-order valence-electron chi connectivity index (χ0n) is 17.9. The molecule has 0 amide bonds. The fraction of sp³-hybridized carbons (Fsp3) is 0.636. The van der Waals surface area contributed by atoms with Gasteiger partial charge in [-0.1, -0.05) is 39.0 Å². The second-order valence-electron chi connectivity index (χ2n) is 9.26. The monoisotopic (exact) mass is 387 g/mol. The fourth-order valence-electron chi connectivity index (χ4n) is 4.41. The van der Waals surface area contributed by atoms with Crippen molar-refractivity contribution in [2.45, 2.75) is 64.3 Å². The molecule has 0 spiro atoms. The lowest BCUT2D eigenvalue weighted by molar-refractivity contribution is -0.122. The van der Waals surface area contributed by atoms with E-state index in [4.69, 9.17) is 24.5 Å². The molecule has 0 radical (unpaired) electrons. The Balaban J connectivity index is 1.61. The molecule has 1 heterocycles. The molecule has 154 valence electrons. The van der Waals surface area contributed by atoms with Crippen molar-refractivity contribution in [3.8, 4) is 5.75 Å². The summed E-state index contributed by atoms with van der Waals surface area (Å²) in [7, 11) is 1.22. The van der Waals surface area contributed by atoms with Crippen LogP contribution in [0.5, 0.6) is 5.75 Å². The minimum absolute atomic E-state index is 0.0838. The highest BCUT2D eigenvalue weighted by Gasteiger charge is 2.64. The fourth-order valence-corrected chi connectivity index (χ4v) is 4.41. The number of ether oxygens (including phenoxy) is 2. The van der Waals surface area contributed by atoms with Crippen molar-refractivity contribution in [1.29, 1.82) is 0 Å². The topological polar surface area (TPSA) is 62.9 Å². The predicted molar refractivity (Wildman–Crippen MR) is 112 cm³/mol. The molecule has 1 aliphatic carbocycles. The lowest BCUT2D eigenvalue weighted by Gasteiger charge is -2.52. The summed E-state index contributed by atoms with van der Waals surface area (Å²) in [4.78, 5) is 0. The van der Waals surface area contributed by atoms with Crippen LogP contribution < -0.4 is 10.5 Å². The molecule has 1 aromatic rings. The Labute approximate surface area is 169 Å². The summed E-state index contributed by atoms with van der Waals surface area (Å²) >= 11 is 0. The molecule has 0 aromatic heterocycles. The van der Waals surface area contributed by atoms with Gasteiger partial charge in [0.1, 0.15) is 11.5 Å². The maximum atomic E-state index is 6.71. The molecule has 28 heavy (non-hydrogen) atoms. The highest BCUT2D eigenvalue weighted by molar-refractivity contribution is 6.48. The minimum Gasteiger partial charge on any atom is -0.497 e. The third-order valence-corrected chi connectivity index (χ3v) is 6.72. The van der Waals surface area contributed by atoms with Gasteiger partial charge in [0, 0.05) is 5.82 Å². The number of nitrogens with two attached hydrogens (primary N) is 1. The van der Waals surface area contributed by atoms with Gasteiger partial charge < -0.3 is 24.5 Å². The van der Waals surface area contributed by atoms with Crippen LogP contribution in [0.3, 0.4) is 0 Å². The average molecular weight is 387 g/mol. The second-order valence-corrected chi connectivity index (χ2v) is 9.26. The largest absolute Gasteiger partial charge is 0.497 e. The van der Waals surface area contributed by atoms with E-state index in [0.717, 1.165) is 24.2 Å². The first kappa shape index (κ1) is 21.4. The van der Waals surface area contributed by atoms with Gasteiger partial charge in [-0.2, -0.15) is 0 Å². The molecule has 2 N–H and O–H groups in total. The Bertz CT molecular complexity index is 694. The number of hydrogen-bond acceptors (Lipinski definition) is 5. The van der Waals surface area contributed by atoms with Crippen LogP contribution in [-0.2, 0) is 20.7 Å². The SMILES string of the molecule is C=C[C@@H](COCc1ccc(OC)cc1)B1OC2(C)CC(C)(C)[C@@H](C)CC2(N)O1. The van der Waals surface area contributed by atoms with E-state index in [0.29, 0.717) is 19.1 Å². The van der Waals surface area contributed by atoms with E-state index in [1.54, 1.807) is 7.11 Å². The van der Waals surface area contributed by atoms with Gasteiger partial charge in [0.25, 0.3) is 0 Å². The molecule has 5 nitrogen and oxygen atoms in total. The maximum Gasteiger partial charge on any atom is 0.468 e. The second kappa shape index (κ2) is 7.83. The Morgan fingerprint density at radius 1 is 1.29 bits per heavy atom. The first-order chi connectivity index (χ1) is 13.1. The molecule has 0 bridgehead atoms. The molecule has 1 aliphatic heterocycles. The smallest absolute Gasteiger partial charge is 0.468 e. The molecule has 1 aromatic carbocycles. The molecule has 3 rings (SSSR count). The summed E-state index contributed by atoms with van der Waals surface area (Å²) in [6.45, 7) is 13.8. The van der Waals surface area contributed by atoms with Crippen LogP contribution in [0.4, 0.5) is 0 Å². The van der Waals surface area contributed by atoms with Gasteiger partial charge in [0.15, 0.2) is 0 Å². The summed E-state index contributed by atoms with van der Waals surface area (Å²) in [6.07, 6.45) is 3.49. The zero-order chi connectivity index (χ0) is 20.6. The molecule has 1 saturated heterocycles. The van der Waals surface area contributed by atoms with E-state index in [-0.39, 0.29) is 11.2 Å². The van der Waals surface area contributed by atoms with Gasteiger partial charge >= 0.3 is 7.12 Å². The van der Waals surface area contributed by atoms with Crippen molar-refractivity contribution in [2.75, 3.05) is 13.7 Å². The Hall–Kier alpha value is -1.34. The first-order valence-corrected chi connectivity index (χ1v) is 10.1. The maximum absolute atomic E-state index is 6.71. The lowest BCUT2D eigenvalue weighted by Crippen LogP contribution is -2.63. The summed E-state index contributed by atoms with van der Waals surface area (Å²) in [5.74, 6) is 1.21. The summed E-state index contributed by atoms with van der Waals surface area (Å²) in [6, 6.07) is 7.86. The number of methoxy groups -OCH3 is 1. The zero-order valence-corrected chi connectivity index (χ0v) is 17.9. The van der Waals surface area contributed by atoms with Gasteiger partial charge in [0.05, 0.1) is 25.9 Å².